The lowest BCUT2D eigenvalue weighted by Crippen LogP contribution is -2.26. The van der Waals surface area contributed by atoms with Gasteiger partial charge in [-0.3, -0.25) is 0 Å². The average molecular weight is 294 g/mol. The third-order valence-electron chi connectivity index (χ3n) is 2.91. The van der Waals surface area contributed by atoms with Gasteiger partial charge < -0.3 is 5.32 Å². The van der Waals surface area contributed by atoms with Crippen molar-refractivity contribution in [2.45, 2.75) is 19.9 Å². The summed E-state index contributed by atoms with van der Waals surface area (Å²) in [4.78, 5) is 3.89. The van der Waals surface area contributed by atoms with E-state index in [0.29, 0.717) is 0 Å². The number of sulfone groups is 1. The fourth-order valence-corrected chi connectivity index (χ4v) is 2.96. The minimum atomic E-state index is -2.97. The Kier molecular flexibility index (Phi) is 4.39. The molecule has 0 bridgehead atoms. The van der Waals surface area contributed by atoms with E-state index in [0.717, 1.165) is 11.4 Å². The minimum Gasteiger partial charge on any atom is -0.382 e. The van der Waals surface area contributed by atoms with Crippen LogP contribution in [0.5, 0.6) is 0 Å². The highest BCUT2D eigenvalue weighted by molar-refractivity contribution is 7.91. The number of rotatable bonds is 6. The summed E-state index contributed by atoms with van der Waals surface area (Å²) in [6.45, 7) is 3.52. The Labute approximate surface area is 118 Å². The Balaban J connectivity index is 2.01. The van der Waals surface area contributed by atoms with E-state index in [1.807, 2.05) is 31.2 Å². The van der Waals surface area contributed by atoms with Gasteiger partial charge in [-0.05, 0) is 31.2 Å². The van der Waals surface area contributed by atoms with Crippen LogP contribution in [0.3, 0.4) is 0 Å². The Hall–Kier alpha value is -1.89. The maximum atomic E-state index is 11.6. The molecule has 0 saturated heterocycles. The van der Waals surface area contributed by atoms with Crippen LogP contribution in [0.15, 0.2) is 36.9 Å². The van der Waals surface area contributed by atoms with Crippen LogP contribution in [0.2, 0.25) is 0 Å². The van der Waals surface area contributed by atoms with E-state index in [1.54, 1.807) is 17.9 Å². The highest BCUT2D eigenvalue weighted by Crippen LogP contribution is 2.13. The van der Waals surface area contributed by atoms with Crippen molar-refractivity contribution in [3.05, 3.63) is 36.9 Å². The number of anilines is 1. The first-order valence-corrected chi connectivity index (χ1v) is 8.24. The number of hydrogen-bond donors (Lipinski definition) is 1. The van der Waals surface area contributed by atoms with Crippen molar-refractivity contribution in [1.82, 2.24) is 14.8 Å². The number of nitrogens with zero attached hydrogens (tertiary/aromatic N) is 3. The normalized spacial score (nSPS) is 13.1. The van der Waals surface area contributed by atoms with Gasteiger partial charge in [0.2, 0.25) is 0 Å². The number of aromatic nitrogens is 3. The van der Waals surface area contributed by atoms with Crippen LogP contribution in [-0.4, -0.2) is 40.7 Å². The fraction of sp³-hybridized carbons (Fsp3) is 0.385. The Bertz CT molecular complexity index is 636. The molecule has 0 radical (unpaired) electrons. The van der Waals surface area contributed by atoms with Crippen LogP contribution >= 0.6 is 0 Å². The third kappa shape index (κ3) is 3.80. The van der Waals surface area contributed by atoms with Crippen molar-refractivity contribution in [3.8, 4) is 5.69 Å². The van der Waals surface area contributed by atoms with Crippen LogP contribution in [0.25, 0.3) is 5.69 Å². The van der Waals surface area contributed by atoms with Crippen molar-refractivity contribution in [2.24, 2.45) is 0 Å². The summed E-state index contributed by atoms with van der Waals surface area (Å²) < 4.78 is 24.8. The van der Waals surface area contributed by atoms with Crippen LogP contribution in [-0.2, 0) is 9.84 Å². The maximum Gasteiger partial charge on any atom is 0.152 e. The van der Waals surface area contributed by atoms with E-state index >= 15 is 0 Å². The lowest BCUT2D eigenvalue weighted by atomic mass is 10.2. The van der Waals surface area contributed by atoms with E-state index in [9.17, 15) is 8.42 Å². The SMILES string of the molecule is CCS(=O)(=O)CC(C)Nc1ccc(-n2cncn2)cc1. The molecule has 0 aliphatic carbocycles. The second-order valence-electron chi connectivity index (χ2n) is 4.63. The molecule has 0 aliphatic heterocycles. The monoisotopic (exact) mass is 294 g/mol. The smallest absolute Gasteiger partial charge is 0.152 e. The molecule has 1 aromatic heterocycles. The molecule has 1 N–H and O–H groups in total. The minimum absolute atomic E-state index is 0.128. The Morgan fingerprint density at radius 2 is 2.00 bits per heavy atom. The van der Waals surface area contributed by atoms with Crippen LogP contribution in [0.4, 0.5) is 5.69 Å². The van der Waals surface area contributed by atoms with Crippen molar-refractivity contribution < 1.29 is 8.42 Å². The lowest BCUT2D eigenvalue weighted by Gasteiger charge is -2.15. The highest BCUT2D eigenvalue weighted by atomic mass is 32.2. The van der Waals surface area contributed by atoms with Crippen molar-refractivity contribution in [3.63, 3.8) is 0 Å². The second-order valence-corrected chi connectivity index (χ2v) is 7.03. The highest BCUT2D eigenvalue weighted by Gasteiger charge is 2.13. The molecule has 0 saturated carbocycles. The van der Waals surface area contributed by atoms with E-state index in [1.165, 1.54) is 6.33 Å². The van der Waals surface area contributed by atoms with E-state index in [2.05, 4.69) is 15.4 Å². The second kappa shape index (κ2) is 6.04. The first-order valence-electron chi connectivity index (χ1n) is 6.42. The van der Waals surface area contributed by atoms with Crippen molar-refractivity contribution >= 4 is 15.5 Å². The van der Waals surface area contributed by atoms with E-state index < -0.39 is 9.84 Å². The summed E-state index contributed by atoms with van der Waals surface area (Å²) in [5, 5.41) is 7.22. The molecule has 0 aliphatic rings. The summed E-state index contributed by atoms with van der Waals surface area (Å²) in [7, 11) is -2.97. The molecule has 0 amide bonds. The van der Waals surface area contributed by atoms with Crippen molar-refractivity contribution in [2.75, 3.05) is 16.8 Å². The zero-order valence-electron chi connectivity index (χ0n) is 11.5. The molecule has 0 fully saturated rings. The number of hydrogen-bond acceptors (Lipinski definition) is 5. The molecule has 1 atom stereocenters. The van der Waals surface area contributed by atoms with Gasteiger partial charge in [-0.2, -0.15) is 5.10 Å². The maximum absolute atomic E-state index is 11.6. The largest absolute Gasteiger partial charge is 0.382 e. The first-order chi connectivity index (χ1) is 9.50. The van der Waals surface area contributed by atoms with Gasteiger partial charge in [-0.1, -0.05) is 6.92 Å². The van der Waals surface area contributed by atoms with E-state index in [-0.39, 0.29) is 17.5 Å². The predicted octanol–water partition coefficient (Wildman–Crippen LogP) is 1.50. The van der Waals surface area contributed by atoms with Crippen LogP contribution in [0.1, 0.15) is 13.8 Å². The molecule has 2 rings (SSSR count). The standard InChI is InChI=1S/C13H18N4O2S/c1-3-20(18,19)8-11(2)16-12-4-6-13(7-5-12)17-10-14-9-15-17/h4-7,9-11,16H,3,8H2,1-2H3. The van der Waals surface area contributed by atoms with Gasteiger partial charge in [0.25, 0.3) is 0 Å². The van der Waals surface area contributed by atoms with Crippen LogP contribution in [0, 0.1) is 0 Å². The fourth-order valence-electron chi connectivity index (χ4n) is 1.88. The summed E-state index contributed by atoms with van der Waals surface area (Å²) >= 11 is 0. The van der Waals surface area contributed by atoms with Gasteiger partial charge in [-0.15, -0.1) is 0 Å². The summed E-state index contributed by atoms with van der Waals surface area (Å²) in [6.07, 6.45) is 3.10. The molecule has 1 unspecified atom stereocenters. The van der Waals surface area contributed by atoms with Gasteiger partial charge in [-0.25, -0.2) is 18.1 Å². The number of benzene rings is 1. The molecule has 0 spiro atoms. The Morgan fingerprint density at radius 3 is 2.55 bits per heavy atom. The molecule has 1 aromatic carbocycles. The topological polar surface area (TPSA) is 76.9 Å². The first kappa shape index (κ1) is 14.5. The van der Waals surface area contributed by atoms with Gasteiger partial charge in [0.05, 0.1) is 11.4 Å². The predicted molar refractivity (Wildman–Crippen MR) is 78.8 cm³/mol. The van der Waals surface area contributed by atoms with E-state index in [4.69, 9.17) is 0 Å². The summed E-state index contributed by atoms with van der Waals surface area (Å²) in [6, 6.07) is 7.46. The zero-order chi connectivity index (χ0) is 14.6. The van der Waals surface area contributed by atoms with Gasteiger partial charge in [0, 0.05) is 17.5 Å². The quantitative estimate of drug-likeness (QED) is 0.873. The van der Waals surface area contributed by atoms with Gasteiger partial charge in [0.15, 0.2) is 9.84 Å². The number of nitrogens with one attached hydrogen (secondary N) is 1. The molecule has 108 valence electrons. The molecule has 7 heteroatoms. The molecule has 2 aromatic rings. The molecular weight excluding hydrogens is 276 g/mol. The summed E-state index contributed by atoms with van der Waals surface area (Å²) in [5.74, 6) is 0.304. The molecule has 6 nitrogen and oxygen atoms in total. The van der Waals surface area contributed by atoms with Crippen LogP contribution < -0.4 is 5.32 Å². The van der Waals surface area contributed by atoms with Gasteiger partial charge >= 0.3 is 0 Å². The summed E-state index contributed by atoms with van der Waals surface area (Å²) in [5.41, 5.74) is 1.79. The molecule has 1 heterocycles. The average Bonchev–Trinajstić information content (AvgIpc) is 2.93. The third-order valence-corrected chi connectivity index (χ3v) is 4.79. The molecule has 20 heavy (non-hydrogen) atoms. The Morgan fingerprint density at radius 1 is 1.30 bits per heavy atom. The van der Waals surface area contributed by atoms with Crippen molar-refractivity contribution in [1.29, 1.82) is 0 Å². The zero-order valence-corrected chi connectivity index (χ0v) is 12.3. The lowest BCUT2D eigenvalue weighted by molar-refractivity contribution is 0.593. The van der Waals surface area contributed by atoms with Gasteiger partial charge in [0.1, 0.15) is 12.7 Å². The molecular formula is C13H18N4O2S.